The van der Waals surface area contributed by atoms with E-state index in [0.717, 1.165) is 25.8 Å². The summed E-state index contributed by atoms with van der Waals surface area (Å²) in [7, 11) is 0. The summed E-state index contributed by atoms with van der Waals surface area (Å²) < 4.78 is 19.6. The van der Waals surface area contributed by atoms with Crippen LogP contribution in [0, 0.1) is 5.82 Å². The number of piperidine rings is 1. The fourth-order valence-electron chi connectivity index (χ4n) is 3.64. The number of benzene rings is 1. The Morgan fingerprint density at radius 3 is 2.87 bits per heavy atom. The van der Waals surface area contributed by atoms with E-state index in [-0.39, 0.29) is 36.1 Å². The molecule has 3 rings (SSSR count). The zero-order chi connectivity index (χ0) is 16.6. The molecule has 1 fully saturated rings. The lowest BCUT2D eigenvalue weighted by Crippen LogP contribution is -2.44. The van der Waals surface area contributed by atoms with Gasteiger partial charge in [-0.3, -0.25) is 9.59 Å². The minimum absolute atomic E-state index is 0.0752. The van der Waals surface area contributed by atoms with Gasteiger partial charge in [0.15, 0.2) is 12.4 Å². The number of hydrogen-bond donors (Lipinski definition) is 0. The van der Waals surface area contributed by atoms with E-state index in [0.29, 0.717) is 23.3 Å². The van der Waals surface area contributed by atoms with Crippen LogP contribution in [-0.2, 0) is 4.79 Å². The van der Waals surface area contributed by atoms with Crippen molar-refractivity contribution < 1.29 is 18.7 Å². The summed E-state index contributed by atoms with van der Waals surface area (Å²) >= 11 is 0. The van der Waals surface area contributed by atoms with Gasteiger partial charge >= 0.3 is 0 Å². The van der Waals surface area contributed by atoms with Crippen molar-refractivity contribution in [3.63, 3.8) is 0 Å². The quantitative estimate of drug-likeness (QED) is 0.859. The van der Waals surface area contributed by atoms with Crippen LogP contribution in [0.25, 0.3) is 0 Å². The van der Waals surface area contributed by atoms with E-state index in [4.69, 9.17) is 4.74 Å². The molecule has 2 atom stereocenters. The molecule has 1 saturated heterocycles. The Labute approximate surface area is 135 Å². The lowest BCUT2D eigenvalue weighted by Gasteiger charge is -2.33. The van der Waals surface area contributed by atoms with Crippen molar-refractivity contribution in [1.29, 1.82) is 0 Å². The number of nitrogens with zero attached hydrogens (tertiary/aromatic N) is 1. The van der Waals surface area contributed by atoms with E-state index < -0.39 is 0 Å². The number of carbonyl (C=O) groups excluding carboxylic acids is 2. The lowest BCUT2D eigenvalue weighted by molar-refractivity contribution is -0.136. The average molecular weight is 319 g/mol. The first kappa shape index (κ1) is 16.0. The number of carbonyl (C=O) groups is 2. The predicted molar refractivity (Wildman–Crippen MR) is 84.3 cm³/mol. The molecule has 0 bridgehead atoms. The van der Waals surface area contributed by atoms with Gasteiger partial charge in [0.25, 0.3) is 5.91 Å². The van der Waals surface area contributed by atoms with Crippen LogP contribution < -0.4 is 4.74 Å². The number of hydrogen-bond acceptors (Lipinski definition) is 3. The van der Waals surface area contributed by atoms with E-state index in [1.165, 1.54) is 12.1 Å². The number of Topliss-reactive ketones (excluding diaryl/α,β-unsaturated/α-hetero) is 1. The van der Waals surface area contributed by atoms with Crippen molar-refractivity contribution in [3.8, 4) is 5.75 Å². The third kappa shape index (κ3) is 2.96. The summed E-state index contributed by atoms with van der Waals surface area (Å²) in [6.07, 6.45) is 3.46. The number of fused-ring (bicyclic) bond motifs is 1. The molecule has 1 aromatic rings. The number of halogens is 1. The van der Waals surface area contributed by atoms with Crippen molar-refractivity contribution in [1.82, 2.24) is 4.90 Å². The molecule has 23 heavy (non-hydrogen) atoms. The van der Waals surface area contributed by atoms with Crippen LogP contribution in [0.4, 0.5) is 4.39 Å². The Balaban J connectivity index is 1.74. The Hall–Kier alpha value is -1.91. The van der Waals surface area contributed by atoms with E-state index in [2.05, 4.69) is 0 Å². The zero-order valence-corrected chi connectivity index (χ0v) is 13.6. The first-order valence-electron chi connectivity index (χ1n) is 8.27. The van der Waals surface area contributed by atoms with Crippen molar-refractivity contribution in [2.75, 3.05) is 13.2 Å². The molecular formula is C18H22FNO3. The van der Waals surface area contributed by atoms with Crippen molar-refractivity contribution in [2.45, 2.75) is 51.5 Å². The molecule has 1 heterocycles. The molecule has 0 aromatic heterocycles. The van der Waals surface area contributed by atoms with Crippen LogP contribution in [0.3, 0.4) is 0 Å². The van der Waals surface area contributed by atoms with Crippen molar-refractivity contribution in [2.24, 2.45) is 0 Å². The van der Waals surface area contributed by atoms with Crippen LogP contribution >= 0.6 is 0 Å². The maximum absolute atomic E-state index is 14.0. The third-order valence-electron chi connectivity index (χ3n) is 4.89. The second-order valence-electron chi connectivity index (χ2n) is 6.58. The molecule has 1 aromatic carbocycles. The topological polar surface area (TPSA) is 46.6 Å². The summed E-state index contributed by atoms with van der Waals surface area (Å²) in [5.74, 6) is -0.371. The zero-order valence-electron chi connectivity index (χ0n) is 13.6. The third-order valence-corrected chi connectivity index (χ3v) is 4.89. The highest BCUT2D eigenvalue weighted by Crippen LogP contribution is 2.39. The first-order chi connectivity index (χ1) is 11.0. The molecule has 124 valence electrons. The average Bonchev–Trinajstić information content (AvgIpc) is 2.83. The minimum Gasteiger partial charge on any atom is -0.483 e. The summed E-state index contributed by atoms with van der Waals surface area (Å²) in [5, 5.41) is 0. The smallest absolute Gasteiger partial charge is 0.260 e. The van der Waals surface area contributed by atoms with Gasteiger partial charge in [-0.05, 0) is 44.2 Å². The number of amides is 1. The molecular weight excluding hydrogens is 297 g/mol. The molecule has 1 aliphatic carbocycles. The van der Waals surface area contributed by atoms with Crippen molar-refractivity contribution >= 4 is 11.7 Å². The molecule has 2 aliphatic rings. The molecule has 0 radical (unpaired) electrons. The second kappa shape index (κ2) is 6.30. The SMILES string of the molecule is C[C@H]1CC(=O)c2c(OCC(=O)N3CCCC[C@@H]3C)ccc(F)c21. The highest BCUT2D eigenvalue weighted by molar-refractivity contribution is 6.03. The molecule has 0 unspecified atom stereocenters. The monoisotopic (exact) mass is 319 g/mol. The molecule has 4 nitrogen and oxygen atoms in total. The fourth-order valence-corrected chi connectivity index (χ4v) is 3.64. The van der Waals surface area contributed by atoms with Crippen LogP contribution in [-0.4, -0.2) is 35.8 Å². The summed E-state index contributed by atoms with van der Waals surface area (Å²) in [4.78, 5) is 26.3. The summed E-state index contributed by atoms with van der Waals surface area (Å²) in [5.41, 5.74) is 0.739. The number of likely N-dealkylation sites (tertiary alicyclic amines) is 1. The van der Waals surface area contributed by atoms with Crippen LogP contribution in [0.15, 0.2) is 12.1 Å². The van der Waals surface area contributed by atoms with E-state index in [1.54, 1.807) is 0 Å². The molecule has 0 N–H and O–H groups in total. The molecule has 0 spiro atoms. The summed E-state index contributed by atoms with van der Waals surface area (Å²) in [6.45, 7) is 4.51. The lowest BCUT2D eigenvalue weighted by atomic mass is 10.0. The maximum Gasteiger partial charge on any atom is 0.260 e. The second-order valence-corrected chi connectivity index (χ2v) is 6.58. The highest BCUT2D eigenvalue weighted by atomic mass is 19.1. The normalized spacial score (nSPS) is 23.8. The van der Waals surface area contributed by atoms with Crippen LogP contribution in [0.1, 0.15) is 61.4 Å². The largest absolute Gasteiger partial charge is 0.483 e. The van der Waals surface area contributed by atoms with E-state index in [9.17, 15) is 14.0 Å². The van der Waals surface area contributed by atoms with E-state index in [1.807, 2.05) is 18.7 Å². The van der Waals surface area contributed by atoms with Gasteiger partial charge in [0.2, 0.25) is 0 Å². The van der Waals surface area contributed by atoms with Gasteiger partial charge in [-0.1, -0.05) is 6.92 Å². The van der Waals surface area contributed by atoms with Gasteiger partial charge in [-0.25, -0.2) is 4.39 Å². The van der Waals surface area contributed by atoms with Crippen LogP contribution in [0.2, 0.25) is 0 Å². The number of ketones is 1. The number of ether oxygens (including phenoxy) is 1. The Morgan fingerprint density at radius 1 is 1.35 bits per heavy atom. The minimum atomic E-state index is -0.373. The predicted octanol–water partition coefficient (Wildman–Crippen LogP) is 3.30. The number of rotatable bonds is 3. The van der Waals surface area contributed by atoms with Crippen molar-refractivity contribution in [3.05, 3.63) is 29.1 Å². The molecule has 1 aliphatic heterocycles. The van der Waals surface area contributed by atoms with Gasteiger partial charge in [0.05, 0.1) is 5.56 Å². The molecule has 0 saturated carbocycles. The fraction of sp³-hybridized carbons (Fsp3) is 0.556. The maximum atomic E-state index is 14.0. The Bertz CT molecular complexity index is 643. The van der Waals surface area contributed by atoms with Gasteiger partial charge in [-0.15, -0.1) is 0 Å². The van der Waals surface area contributed by atoms with Gasteiger partial charge in [0.1, 0.15) is 11.6 Å². The Kier molecular flexibility index (Phi) is 4.37. The Morgan fingerprint density at radius 2 is 2.13 bits per heavy atom. The molecule has 1 amide bonds. The first-order valence-corrected chi connectivity index (χ1v) is 8.27. The van der Waals surface area contributed by atoms with Gasteiger partial charge in [-0.2, -0.15) is 0 Å². The molecule has 5 heteroatoms. The van der Waals surface area contributed by atoms with Gasteiger partial charge < -0.3 is 9.64 Å². The van der Waals surface area contributed by atoms with E-state index >= 15 is 0 Å². The van der Waals surface area contributed by atoms with Crippen LogP contribution in [0.5, 0.6) is 5.75 Å². The van der Waals surface area contributed by atoms with Gasteiger partial charge in [0, 0.05) is 24.6 Å². The highest BCUT2D eigenvalue weighted by Gasteiger charge is 2.33. The summed E-state index contributed by atoms with van der Waals surface area (Å²) in [6, 6.07) is 2.99. The standard InChI is InChI=1S/C18H22FNO3/c1-11-9-14(21)18-15(7-6-13(19)17(11)18)23-10-16(22)20-8-4-3-5-12(20)2/h6-7,11-12H,3-5,8-10H2,1-2H3/t11-,12-/m0/s1.